The van der Waals surface area contributed by atoms with Gasteiger partial charge in [-0.15, -0.1) is 10.2 Å². The Kier molecular flexibility index (Phi) is 4.86. The molecule has 0 aliphatic heterocycles. The predicted octanol–water partition coefficient (Wildman–Crippen LogP) is 6.01. The molecule has 1 atom stereocenters. The average molecular weight is 396 g/mol. The van der Waals surface area contributed by atoms with Crippen LogP contribution in [0.2, 0.25) is 5.02 Å². The maximum absolute atomic E-state index is 6.22. The van der Waals surface area contributed by atoms with Gasteiger partial charge in [0.05, 0.1) is 0 Å². The van der Waals surface area contributed by atoms with Crippen LogP contribution in [0.1, 0.15) is 17.7 Å². The Morgan fingerprint density at radius 1 is 1.09 bits per heavy atom. The molecule has 3 aromatic rings. The van der Waals surface area contributed by atoms with E-state index in [1.165, 1.54) is 11.8 Å². The first-order valence-corrected chi connectivity index (χ1v) is 8.69. The normalized spacial score (nSPS) is 12.3. The Morgan fingerprint density at radius 2 is 1.82 bits per heavy atom. The van der Waals surface area contributed by atoms with Crippen LogP contribution in [0.25, 0.3) is 11.5 Å². The lowest BCUT2D eigenvalue weighted by molar-refractivity contribution is 0.465. The van der Waals surface area contributed by atoms with E-state index in [4.69, 9.17) is 16.0 Å². The minimum absolute atomic E-state index is 0.131. The lowest BCUT2D eigenvalue weighted by Gasteiger charge is -2.10. The van der Waals surface area contributed by atoms with Crippen molar-refractivity contribution in [3.8, 4) is 11.5 Å². The van der Waals surface area contributed by atoms with Gasteiger partial charge in [-0.2, -0.15) is 0 Å². The van der Waals surface area contributed by atoms with Crippen LogP contribution in [0.3, 0.4) is 0 Å². The van der Waals surface area contributed by atoms with Crippen LogP contribution in [0.4, 0.5) is 0 Å². The van der Waals surface area contributed by atoms with Crippen molar-refractivity contribution in [2.24, 2.45) is 0 Å². The number of hydrogen-bond acceptors (Lipinski definition) is 4. The highest BCUT2D eigenvalue weighted by molar-refractivity contribution is 9.10. The second-order valence-electron chi connectivity index (χ2n) is 4.66. The fourth-order valence-corrected chi connectivity index (χ4v) is 3.46. The molecule has 1 heterocycles. The first-order chi connectivity index (χ1) is 10.6. The first-order valence-electron chi connectivity index (χ1n) is 6.64. The Balaban J connectivity index is 1.77. The number of rotatable bonds is 4. The maximum Gasteiger partial charge on any atom is 0.277 e. The van der Waals surface area contributed by atoms with Crippen LogP contribution in [-0.2, 0) is 0 Å². The Hall–Kier alpha value is -1.30. The Bertz CT molecular complexity index is 776. The van der Waals surface area contributed by atoms with E-state index in [0.29, 0.717) is 11.1 Å². The highest BCUT2D eigenvalue weighted by Gasteiger charge is 2.15. The molecular formula is C16H12BrClN2OS. The molecule has 2 aromatic carbocycles. The molecule has 112 valence electrons. The van der Waals surface area contributed by atoms with Gasteiger partial charge in [-0.1, -0.05) is 57.5 Å². The van der Waals surface area contributed by atoms with Crippen LogP contribution < -0.4 is 0 Å². The summed E-state index contributed by atoms with van der Waals surface area (Å²) >= 11 is 11.1. The van der Waals surface area contributed by atoms with E-state index in [0.717, 1.165) is 20.6 Å². The molecule has 3 rings (SSSR count). The topological polar surface area (TPSA) is 38.9 Å². The van der Waals surface area contributed by atoms with Crippen molar-refractivity contribution < 1.29 is 4.42 Å². The Labute approximate surface area is 146 Å². The standard InChI is InChI=1S/C16H12BrClN2OS/c1-10(13-4-2-3-5-14(13)18)22-16-20-19-15(21-16)11-6-8-12(17)9-7-11/h2-10H,1H3. The van der Waals surface area contributed by atoms with E-state index in [9.17, 15) is 0 Å². The summed E-state index contributed by atoms with van der Waals surface area (Å²) in [6, 6.07) is 15.5. The van der Waals surface area contributed by atoms with Gasteiger partial charge in [-0.25, -0.2) is 0 Å². The molecule has 0 spiro atoms. The zero-order chi connectivity index (χ0) is 15.5. The number of aromatic nitrogens is 2. The maximum atomic E-state index is 6.22. The van der Waals surface area contributed by atoms with E-state index in [-0.39, 0.29) is 5.25 Å². The molecule has 1 unspecified atom stereocenters. The van der Waals surface area contributed by atoms with E-state index in [1.54, 1.807) is 0 Å². The summed E-state index contributed by atoms with van der Waals surface area (Å²) in [5.41, 5.74) is 1.95. The summed E-state index contributed by atoms with van der Waals surface area (Å²) in [5, 5.41) is 9.61. The molecule has 6 heteroatoms. The highest BCUT2D eigenvalue weighted by atomic mass is 79.9. The van der Waals surface area contributed by atoms with E-state index >= 15 is 0 Å². The zero-order valence-electron chi connectivity index (χ0n) is 11.7. The average Bonchev–Trinajstić information content (AvgIpc) is 2.97. The number of halogens is 2. The Morgan fingerprint density at radius 3 is 2.55 bits per heavy atom. The quantitative estimate of drug-likeness (QED) is 0.507. The molecule has 22 heavy (non-hydrogen) atoms. The van der Waals surface area contributed by atoms with E-state index in [1.807, 2.05) is 48.5 Å². The van der Waals surface area contributed by atoms with Crippen molar-refractivity contribution in [2.45, 2.75) is 17.4 Å². The van der Waals surface area contributed by atoms with Crippen molar-refractivity contribution in [3.05, 3.63) is 63.6 Å². The minimum Gasteiger partial charge on any atom is -0.411 e. The van der Waals surface area contributed by atoms with Crippen molar-refractivity contribution in [2.75, 3.05) is 0 Å². The number of thioether (sulfide) groups is 1. The van der Waals surface area contributed by atoms with Crippen molar-refractivity contribution >= 4 is 39.3 Å². The second-order valence-corrected chi connectivity index (χ2v) is 7.28. The van der Waals surface area contributed by atoms with Crippen LogP contribution in [0, 0.1) is 0 Å². The number of benzene rings is 2. The molecule has 0 bridgehead atoms. The molecule has 0 aliphatic carbocycles. The number of hydrogen-bond donors (Lipinski definition) is 0. The van der Waals surface area contributed by atoms with Gasteiger partial charge in [0.1, 0.15) is 0 Å². The third kappa shape index (κ3) is 3.54. The van der Waals surface area contributed by atoms with Crippen molar-refractivity contribution in [1.82, 2.24) is 10.2 Å². The summed E-state index contributed by atoms with van der Waals surface area (Å²) in [5.74, 6) is 0.515. The van der Waals surface area contributed by atoms with Crippen LogP contribution in [-0.4, -0.2) is 10.2 Å². The first kappa shape index (κ1) is 15.6. The summed E-state index contributed by atoms with van der Waals surface area (Å²) in [6.45, 7) is 2.06. The van der Waals surface area contributed by atoms with Crippen LogP contribution in [0.15, 0.2) is 62.6 Å². The van der Waals surface area contributed by atoms with Gasteiger partial charge in [-0.05, 0) is 42.8 Å². The van der Waals surface area contributed by atoms with E-state index in [2.05, 4.69) is 33.1 Å². The zero-order valence-corrected chi connectivity index (χ0v) is 14.8. The molecular weight excluding hydrogens is 384 g/mol. The summed E-state index contributed by atoms with van der Waals surface area (Å²) in [6.07, 6.45) is 0. The van der Waals surface area contributed by atoms with Gasteiger partial charge in [-0.3, -0.25) is 0 Å². The summed E-state index contributed by atoms with van der Waals surface area (Å²) in [4.78, 5) is 0. The van der Waals surface area contributed by atoms with Gasteiger partial charge in [0, 0.05) is 20.3 Å². The molecule has 0 radical (unpaired) electrons. The van der Waals surface area contributed by atoms with Crippen LogP contribution in [0.5, 0.6) is 0 Å². The molecule has 0 aliphatic rings. The fraction of sp³-hybridized carbons (Fsp3) is 0.125. The smallest absolute Gasteiger partial charge is 0.277 e. The van der Waals surface area contributed by atoms with Gasteiger partial charge in [0.2, 0.25) is 5.89 Å². The van der Waals surface area contributed by atoms with Gasteiger partial charge in [0.25, 0.3) is 5.22 Å². The van der Waals surface area contributed by atoms with Crippen molar-refractivity contribution in [3.63, 3.8) is 0 Å². The monoisotopic (exact) mass is 394 g/mol. The molecule has 0 saturated carbocycles. The van der Waals surface area contributed by atoms with Gasteiger partial charge >= 0.3 is 0 Å². The SMILES string of the molecule is CC(Sc1nnc(-c2ccc(Br)cc2)o1)c1ccccc1Cl. The molecule has 3 nitrogen and oxygen atoms in total. The van der Waals surface area contributed by atoms with Crippen LogP contribution >= 0.6 is 39.3 Å². The lowest BCUT2D eigenvalue weighted by Crippen LogP contribution is -1.89. The summed E-state index contributed by atoms with van der Waals surface area (Å²) < 4.78 is 6.74. The molecule has 0 saturated heterocycles. The lowest BCUT2D eigenvalue weighted by atomic mass is 10.2. The fourth-order valence-electron chi connectivity index (χ4n) is 1.99. The van der Waals surface area contributed by atoms with Crippen molar-refractivity contribution in [1.29, 1.82) is 0 Å². The predicted molar refractivity (Wildman–Crippen MR) is 93.2 cm³/mol. The third-order valence-corrected chi connectivity index (χ3v) is 4.97. The minimum atomic E-state index is 0.131. The van der Waals surface area contributed by atoms with Gasteiger partial charge < -0.3 is 4.42 Å². The molecule has 0 amide bonds. The summed E-state index contributed by atoms with van der Waals surface area (Å²) in [7, 11) is 0. The van der Waals surface area contributed by atoms with Gasteiger partial charge in [0.15, 0.2) is 0 Å². The molecule has 0 N–H and O–H groups in total. The largest absolute Gasteiger partial charge is 0.411 e. The van der Waals surface area contributed by atoms with E-state index < -0.39 is 0 Å². The molecule has 1 aromatic heterocycles. The highest BCUT2D eigenvalue weighted by Crippen LogP contribution is 2.37. The number of nitrogens with zero attached hydrogens (tertiary/aromatic N) is 2. The molecule has 0 fully saturated rings. The second kappa shape index (κ2) is 6.86. The third-order valence-electron chi connectivity index (χ3n) is 3.12.